The molecule has 0 amide bonds. The number of nitrogens with zero attached hydrogens (tertiary/aromatic N) is 1. The normalized spacial score (nSPS) is 10.5. The third-order valence-corrected chi connectivity index (χ3v) is 3.76. The number of hydrogen-bond acceptors (Lipinski definition) is 4. The Morgan fingerprint density at radius 3 is 2.90 bits per heavy atom. The molecule has 0 saturated carbocycles. The Kier molecular flexibility index (Phi) is 4.68. The number of rotatable bonds is 6. The Hall–Kier alpha value is -1.95. The van der Waals surface area contributed by atoms with Crippen LogP contribution in [0.4, 0.5) is 4.39 Å². The second kappa shape index (κ2) is 6.47. The first kappa shape index (κ1) is 14.5. The van der Waals surface area contributed by atoms with Crippen LogP contribution in [0.2, 0.25) is 0 Å². The Morgan fingerprint density at radius 1 is 1.45 bits per heavy atom. The standard InChI is InChI=1S/C14H14FNO3S/c1-2-3-11-5-12(13(20-11)14(17)18)19-8-9-4-10(15)7-16-6-9/h4-7H,2-3,8H2,1H3,(H,17,18). The van der Waals surface area contributed by atoms with Gasteiger partial charge in [0.05, 0.1) is 6.20 Å². The number of aryl methyl sites for hydroxylation is 1. The smallest absolute Gasteiger partial charge is 0.349 e. The summed E-state index contributed by atoms with van der Waals surface area (Å²) in [5.41, 5.74) is 0.560. The van der Waals surface area contributed by atoms with Gasteiger partial charge in [-0.25, -0.2) is 9.18 Å². The largest absolute Gasteiger partial charge is 0.487 e. The molecular formula is C14H14FNO3S. The van der Waals surface area contributed by atoms with Crippen LogP contribution in [-0.2, 0) is 13.0 Å². The third-order valence-electron chi connectivity index (χ3n) is 2.60. The predicted octanol–water partition coefficient (Wildman–Crippen LogP) is 3.51. The lowest BCUT2D eigenvalue weighted by Gasteiger charge is -2.05. The molecule has 2 aromatic heterocycles. The zero-order chi connectivity index (χ0) is 14.5. The van der Waals surface area contributed by atoms with Gasteiger partial charge in [-0.1, -0.05) is 13.3 Å². The maximum Gasteiger partial charge on any atom is 0.349 e. The van der Waals surface area contributed by atoms with E-state index in [4.69, 9.17) is 9.84 Å². The summed E-state index contributed by atoms with van der Waals surface area (Å²) in [6, 6.07) is 3.05. The van der Waals surface area contributed by atoms with E-state index >= 15 is 0 Å². The van der Waals surface area contributed by atoms with Gasteiger partial charge in [-0.15, -0.1) is 11.3 Å². The van der Waals surface area contributed by atoms with Crippen LogP contribution >= 0.6 is 11.3 Å². The molecular weight excluding hydrogens is 281 g/mol. The van der Waals surface area contributed by atoms with E-state index in [-0.39, 0.29) is 11.5 Å². The molecule has 0 aliphatic heterocycles. The predicted molar refractivity (Wildman–Crippen MR) is 73.8 cm³/mol. The number of carboxylic acid groups (broad SMARTS) is 1. The van der Waals surface area contributed by atoms with Gasteiger partial charge in [-0.3, -0.25) is 4.98 Å². The number of halogens is 1. The molecule has 106 valence electrons. The molecule has 2 aromatic rings. The van der Waals surface area contributed by atoms with Gasteiger partial charge in [0, 0.05) is 16.6 Å². The van der Waals surface area contributed by atoms with E-state index in [2.05, 4.69) is 4.98 Å². The summed E-state index contributed by atoms with van der Waals surface area (Å²) in [5.74, 6) is -1.12. The number of pyridine rings is 1. The van der Waals surface area contributed by atoms with Crippen molar-refractivity contribution in [2.45, 2.75) is 26.4 Å². The Balaban J connectivity index is 2.13. The van der Waals surface area contributed by atoms with Crippen molar-refractivity contribution in [2.24, 2.45) is 0 Å². The summed E-state index contributed by atoms with van der Waals surface area (Å²) in [5, 5.41) is 9.15. The third kappa shape index (κ3) is 3.54. The van der Waals surface area contributed by atoms with Crippen LogP contribution in [0, 0.1) is 5.82 Å². The first-order chi connectivity index (χ1) is 9.60. The van der Waals surface area contributed by atoms with Crippen LogP contribution in [0.1, 0.15) is 33.5 Å². The molecule has 2 rings (SSSR count). The first-order valence-corrected chi connectivity index (χ1v) is 7.00. The SMILES string of the molecule is CCCc1cc(OCc2cncc(F)c2)c(C(=O)O)s1. The average molecular weight is 295 g/mol. The molecule has 4 nitrogen and oxygen atoms in total. The van der Waals surface area contributed by atoms with Crippen LogP contribution in [0.5, 0.6) is 5.75 Å². The van der Waals surface area contributed by atoms with Gasteiger partial charge >= 0.3 is 5.97 Å². The summed E-state index contributed by atoms with van der Waals surface area (Å²) >= 11 is 1.22. The second-order valence-electron chi connectivity index (χ2n) is 4.26. The van der Waals surface area contributed by atoms with Crippen LogP contribution in [0.25, 0.3) is 0 Å². The maximum atomic E-state index is 13.0. The molecule has 1 N–H and O–H groups in total. The summed E-state index contributed by atoms with van der Waals surface area (Å²) in [4.78, 5) is 16.0. The van der Waals surface area contributed by atoms with E-state index in [1.54, 1.807) is 6.07 Å². The summed E-state index contributed by atoms with van der Waals surface area (Å²) in [6.07, 6.45) is 4.35. The molecule has 0 saturated heterocycles. The molecule has 0 unspecified atom stereocenters. The lowest BCUT2D eigenvalue weighted by Crippen LogP contribution is -2.00. The van der Waals surface area contributed by atoms with Crippen molar-refractivity contribution in [1.29, 1.82) is 0 Å². The van der Waals surface area contributed by atoms with Crippen LogP contribution in [0.3, 0.4) is 0 Å². The molecule has 0 radical (unpaired) electrons. The van der Waals surface area contributed by atoms with Crippen molar-refractivity contribution in [3.63, 3.8) is 0 Å². The highest BCUT2D eigenvalue weighted by Crippen LogP contribution is 2.31. The highest BCUT2D eigenvalue weighted by atomic mass is 32.1. The van der Waals surface area contributed by atoms with Gasteiger partial charge in [0.1, 0.15) is 18.2 Å². The van der Waals surface area contributed by atoms with Gasteiger partial charge < -0.3 is 9.84 Å². The number of aromatic nitrogens is 1. The van der Waals surface area contributed by atoms with Gasteiger partial charge in [0.25, 0.3) is 0 Å². The molecule has 0 aliphatic rings. The minimum atomic E-state index is -1.01. The minimum Gasteiger partial charge on any atom is -0.487 e. The fourth-order valence-electron chi connectivity index (χ4n) is 1.74. The van der Waals surface area contributed by atoms with Crippen molar-refractivity contribution < 1.29 is 19.0 Å². The zero-order valence-electron chi connectivity index (χ0n) is 10.9. The Bertz CT molecular complexity index is 612. The van der Waals surface area contributed by atoms with Gasteiger partial charge in [-0.05, 0) is 18.6 Å². The van der Waals surface area contributed by atoms with E-state index in [1.807, 2.05) is 6.92 Å². The van der Waals surface area contributed by atoms with Crippen molar-refractivity contribution in [1.82, 2.24) is 4.98 Å². The van der Waals surface area contributed by atoms with Crippen molar-refractivity contribution in [3.05, 3.63) is 45.7 Å². The molecule has 0 spiro atoms. The van der Waals surface area contributed by atoms with E-state index in [9.17, 15) is 9.18 Å². The van der Waals surface area contributed by atoms with Gasteiger partial charge in [0.15, 0.2) is 4.88 Å². The molecule has 2 heterocycles. The number of thiophene rings is 1. The Labute approximate surface area is 119 Å². The van der Waals surface area contributed by atoms with Gasteiger partial charge in [-0.2, -0.15) is 0 Å². The van der Waals surface area contributed by atoms with Crippen molar-refractivity contribution in [3.8, 4) is 5.75 Å². The maximum absolute atomic E-state index is 13.0. The summed E-state index contributed by atoms with van der Waals surface area (Å²) < 4.78 is 18.5. The molecule has 0 aromatic carbocycles. The number of ether oxygens (including phenoxy) is 1. The number of carboxylic acids is 1. The monoisotopic (exact) mass is 295 g/mol. The fourth-order valence-corrected chi connectivity index (χ4v) is 2.78. The van der Waals surface area contributed by atoms with E-state index < -0.39 is 11.8 Å². The zero-order valence-corrected chi connectivity index (χ0v) is 11.7. The first-order valence-electron chi connectivity index (χ1n) is 6.18. The van der Waals surface area contributed by atoms with Crippen LogP contribution < -0.4 is 4.74 Å². The summed E-state index contributed by atoms with van der Waals surface area (Å²) in [7, 11) is 0. The number of aromatic carboxylic acids is 1. The fraction of sp³-hybridized carbons (Fsp3) is 0.286. The van der Waals surface area contributed by atoms with Crippen molar-refractivity contribution >= 4 is 17.3 Å². The topological polar surface area (TPSA) is 59.4 Å². The highest BCUT2D eigenvalue weighted by molar-refractivity contribution is 7.14. The summed E-state index contributed by atoms with van der Waals surface area (Å²) in [6.45, 7) is 2.12. The van der Waals surface area contributed by atoms with Crippen LogP contribution in [0.15, 0.2) is 24.5 Å². The van der Waals surface area contributed by atoms with Crippen LogP contribution in [-0.4, -0.2) is 16.1 Å². The average Bonchev–Trinajstić information content (AvgIpc) is 2.80. The van der Waals surface area contributed by atoms with E-state index in [0.717, 1.165) is 23.9 Å². The minimum absolute atomic E-state index is 0.0906. The quantitative estimate of drug-likeness (QED) is 0.886. The molecule has 0 aliphatic carbocycles. The highest BCUT2D eigenvalue weighted by Gasteiger charge is 2.16. The lowest BCUT2D eigenvalue weighted by molar-refractivity contribution is 0.0697. The second-order valence-corrected chi connectivity index (χ2v) is 5.40. The van der Waals surface area contributed by atoms with E-state index in [0.29, 0.717) is 11.3 Å². The molecule has 0 bridgehead atoms. The molecule has 6 heteroatoms. The molecule has 0 fully saturated rings. The Morgan fingerprint density at radius 2 is 2.25 bits per heavy atom. The lowest BCUT2D eigenvalue weighted by atomic mass is 10.2. The molecule has 0 atom stereocenters. The van der Waals surface area contributed by atoms with E-state index in [1.165, 1.54) is 23.6 Å². The molecule has 20 heavy (non-hydrogen) atoms. The van der Waals surface area contributed by atoms with Gasteiger partial charge in [0.2, 0.25) is 0 Å². The van der Waals surface area contributed by atoms with Crippen molar-refractivity contribution in [2.75, 3.05) is 0 Å². The number of carbonyl (C=O) groups is 1. The number of hydrogen-bond donors (Lipinski definition) is 1.